The third-order valence-electron chi connectivity index (χ3n) is 2.60. The molecule has 0 atom stereocenters. The second-order valence-electron chi connectivity index (χ2n) is 4.08. The predicted octanol–water partition coefficient (Wildman–Crippen LogP) is 2.26. The lowest BCUT2D eigenvalue weighted by atomic mass is 10.1. The van der Waals surface area contributed by atoms with E-state index in [0.29, 0.717) is 13.2 Å². The van der Waals surface area contributed by atoms with Gasteiger partial charge in [0, 0.05) is 18.8 Å². The fourth-order valence-electron chi connectivity index (χ4n) is 1.77. The molecule has 0 aliphatic rings. The van der Waals surface area contributed by atoms with Crippen LogP contribution in [0.1, 0.15) is 11.1 Å². The molecule has 0 aliphatic carbocycles. The molecule has 96 valence electrons. The van der Waals surface area contributed by atoms with Crippen LogP contribution >= 0.6 is 15.9 Å². The molecule has 0 radical (unpaired) electrons. The van der Waals surface area contributed by atoms with E-state index < -0.39 is 0 Å². The van der Waals surface area contributed by atoms with E-state index in [1.165, 1.54) is 0 Å². The first-order valence-corrected chi connectivity index (χ1v) is 6.58. The van der Waals surface area contributed by atoms with Crippen molar-refractivity contribution in [2.45, 2.75) is 13.0 Å². The zero-order valence-electron chi connectivity index (χ0n) is 10.3. The number of hydrogen-bond acceptors (Lipinski definition) is 3. The van der Waals surface area contributed by atoms with Gasteiger partial charge < -0.3 is 10.5 Å². The molecule has 2 N–H and O–H groups in total. The first kappa shape index (κ1) is 13.1. The Hall–Kier alpha value is -1.33. The highest BCUT2D eigenvalue weighted by atomic mass is 79.9. The van der Waals surface area contributed by atoms with Gasteiger partial charge in [-0.15, -0.1) is 0 Å². The molecule has 5 heteroatoms. The summed E-state index contributed by atoms with van der Waals surface area (Å²) in [5, 5.41) is 4.12. The Bertz CT molecular complexity index is 525. The molecule has 0 spiro atoms. The molecule has 1 aromatic heterocycles. The quantitative estimate of drug-likeness (QED) is 0.921. The summed E-state index contributed by atoms with van der Waals surface area (Å²) in [5.74, 6) is 0.867. The normalized spacial score (nSPS) is 10.6. The van der Waals surface area contributed by atoms with Gasteiger partial charge in [0.05, 0.1) is 10.7 Å². The van der Waals surface area contributed by atoms with Gasteiger partial charge in [0.25, 0.3) is 0 Å². The van der Waals surface area contributed by atoms with Gasteiger partial charge in [-0.05, 0) is 40.5 Å². The van der Waals surface area contributed by atoms with E-state index in [1.54, 1.807) is 10.9 Å². The number of nitrogens with zero attached hydrogens (tertiary/aromatic N) is 2. The van der Waals surface area contributed by atoms with Gasteiger partial charge in [-0.1, -0.05) is 12.1 Å². The maximum Gasteiger partial charge on any atom is 0.137 e. The molecule has 0 bridgehead atoms. The van der Waals surface area contributed by atoms with Crippen LogP contribution in [-0.4, -0.2) is 16.3 Å². The summed E-state index contributed by atoms with van der Waals surface area (Å²) in [7, 11) is 1.89. The van der Waals surface area contributed by atoms with Crippen LogP contribution < -0.4 is 10.5 Å². The number of aryl methyl sites for hydroxylation is 1. The molecule has 4 nitrogen and oxygen atoms in total. The summed E-state index contributed by atoms with van der Waals surface area (Å²) >= 11 is 3.51. The van der Waals surface area contributed by atoms with Gasteiger partial charge in [0.15, 0.2) is 0 Å². The van der Waals surface area contributed by atoms with Gasteiger partial charge in [-0.2, -0.15) is 5.10 Å². The molecule has 2 rings (SSSR count). The van der Waals surface area contributed by atoms with Crippen LogP contribution in [0.25, 0.3) is 0 Å². The molecule has 1 aromatic carbocycles. The van der Waals surface area contributed by atoms with Crippen molar-refractivity contribution >= 4 is 15.9 Å². The topological polar surface area (TPSA) is 53.1 Å². The van der Waals surface area contributed by atoms with E-state index >= 15 is 0 Å². The van der Waals surface area contributed by atoms with Crippen LogP contribution in [0.5, 0.6) is 5.75 Å². The van der Waals surface area contributed by atoms with E-state index in [2.05, 4.69) is 21.0 Å². The van der Waals surface area contributed by atoms with Crippen LogP contribution in [0.2, 0.25) is 0 Å². The number of rotatable bonds is 5. The molecular formula is C13H16BrN3O. The molecule has 1 heterocycles. The Morgan fingerprint density at radius 1 is 1.44 bits per heavy atom. The Balaban J connectivity index is 2.12. The summed E-state index contributed by atoms with van der Waals surface area (Å²) in [6, 6.07) is 6.00. The van der Waals surface area contributed by atoms with Gasteiger partial charge in [-0.25, -0.2) is 0 Å². The molecule has 0 unspecified atom stereocenters. The van der Waals surface area contributed by atoms with Crippen molar-refractivity contribution < 1.29 is 4.74 Å². The Morgan fingerprint density at radius 3 is 2.94 bits per heavy atom. The van der Waals surface area contributed by atoms with E-state index in [0.717, 1.165) is 27.8 Å². The smallest absolute Gasteiger partial charge is 0.137 e. The summed E-state index contributed by atoms with van der Waals surface area (Å²) < 4.78 is 8.58. The third-order valence-corrected chi connectivity index (χ3v) is 3.23. The largest absolute Gasteiger partial charge is 0.487 e. The van der Waals surface area contributed by atoms with Gasteiger partial charge in [0.2, 0.25) is 0 Å². The van der Waals surface area contributed by atoms with Crippen molar-refractivity contribution in [3.05, 3.63) is 46.2 Å². The molecule has 0 amide bonds. The fraction of sp³-hybridized carbons (Fsp3) is 0.308. The summed E-state index contributed by atoms with van der Waals surface area (Å²) in [5.41, 5.74) is 7.78. The standard InChI is InChI=1S/C13H16BrN3O/c1-17-8-10(7-16-17)9-18-13-11(5-6-15)3-2-4-12(13)14/h2-4,7-8H,5-6,9,15H2,1H3. The van der Waals surface area contributed by atoms with Crippen molar-refractivity contribution in [2.24, 2.45) is 12.8 Å². The second kappa shape index (κ2) is 6.02. The predicted molar refractivity (Wildman–Crippen MR) is 74.4 cm³/mol. The number of aromatic nitrogens is 2. The maximum atomic E-state index is 5.86. The monoisotopic (exact) mass is 309 g/mol. The minimum absolute atomic E-state index is 0.508. The zero-order chi connectivity index (χ0) is 13.0. The molecule has 2 aromatic rings. The van der Waals surface area contributed by atoms with E-state index in [-0.39, 0.29) is 0 Å². The van der Waals surface area contributed by atoms with Crippen molar-refractivity contribution in [3.8, 4) is 5.75 Å². The lowest BCUT2D eigenvalue weighted by Crippen LogP contribution is -2.05. The summed E-state index contributed by atoms with van der Waals surface area (Å²) in [6.07, 6.45) is 4.56. The minimum Gasteiger partial charge on any atom is -0.487 e. The first-order chi connectivity index (χ1) is 8.70. The lowest BCUT2D eigenvalue weighted by Gasteiger charge is -2.12. The number of para-hydroxylation sites is 1. The third kappa shape index (κ3) is 3.11. The average Bonchev–Trinajstić information content (AvgIpc) is 2.75. The molecule has 0 fully saturated rings. The van der Waals surface area contributed by atoms with E-state index in [9.17, 15) is 0 Å². The van der Waals surface area contributed by atoms with Gasteiger partial charge in [0.1, 0.15) is 12.4 Å². The average molecular weight is 310 g/mol. The zero-order valence-corrected chi connectivity index (χ0v) is 11.9. The molecule has 18 heavy (non-hydrogen) atoms. The van der Waals surface area contributed by atoms with Crippen molar-refractivity contribution in [3.63, 3.8) is 0 Å². The SMILES string of the molecule is Cn1cc(COc2c(Br)cccc2CCN)cn1. The second-order valence-corrected chi connectivity index (χ2v) is 4.93. The molecular weight excluding hydrogens is 294 g/mol. The Kier molecular flexibility index (Phi) is 4.38. The highest BCUT2D eigenvalue weighted by Crippen LogP contribution is 2.30. The van der Waals surface area contributed by atoms with Crippen molar-refractivity contribution in [1.29, 1.82) is 0 Å². The Morgan fingerprint density at radius 2 is 2.28 bits per heavy atom. The van der Waals surface area contributed by atoms with Crippen LogP contribution in [-0.2, 0) is 20.1 Å². The molecule has 0 saturated carbocycles. The maximum absolute atomic E-state index is 5.86. The van der Waals surface area contributed by atoms with Gasteiger partial charge in [-0.3, -0.25) is 4.68 Å². The molecule has 0 aliphatic heterocycles. The first-order valence-electron chi connectivity index (χ1n) is 5.78. The highest BCUT2D eigenvalue weighted by Gasteiger charge is 2.08. The van der Waals surface area contributed by atoms with Crippen LogP contribution in [0.4, 0.5) is 0 Å². The number of benzene rings is 1. The summed E-state index contributed by atoms with van der Waals surface area (Å²) in [4.78, 5) is 0. The number of ether oxygens (including phenoxy) is 1. The lowest BCUT2D eigenvalue weighted by molar-refractivity contribution is 0.301. The number of halogens is 1. The van der Waals surface area contributed by atoms with Crippen molar-refractivity contribution in [2.75, 3.05) is 6.54 Å². The van der Waals surface area contributed by atoms with Crippen molar-refractivity contribution in [1.82, 2.24) is 9.78 Å². The van der Waals surface area contributed by atoms with Gasteiger partial charge >= 0.3 is 0 Å². The fourth-order valence-corrected chi connectivity index (χ4v) is 2.29. The van der Waals surface area contributed by atoms with E-state index in [4.69, 9.17) is 10.5 Å². The van der Waals surface area contributed by atoms with Crippen LogP contribution in [0.15, 0.2) is 35.1 Å². The summed E-state index contributed by atoms with van der Waals surface area (Å²) in [6.45, 7) is 1.12. The Labute approximate surface area is 115 Å². The highest BCUT2D eigenvalue weighted by molar-refractivity contribution is 9.10. The molecule has 0 saturated heterocycles. The number of hydrogen-bond donors (Lipinski definition) is 1. The number of nitrogens with two attached hydrogens (primary N) is 1. The minimum atomic E-state index is 0.508. The van der Waals surface area contributed by atoms with Crippen LogP contribution in [0, 0.1) is 0 Å². The van der Waals surface area contributed by atoms with Crippen LogP contribution in [0.3, 0.4) is 0 Å². The van der Waals surface area contributed by atoms with E-state index in [1.807, 2.05) is 31.4 Å².